The summed E-state index contributed by atoms with van der Waals surface area (Å²) in [5.41, 5.74) is 0.955. The first kappa shape index (κ1) is 18.8. The number of aryl methyl sites for hydroxylation is 1. The van der Waals surface area contributed by atoms with Crippen molar-refractivity contribution in [2.75, 3.05) is 6.54 Å². The van der Waals surface area contributed by atoms with Crippen molar-refractivity contribution < 1.29 is 22.7 Å². The summed E-state index contributed by atoms with van der Waals surface area (Å²) in [5.74, 6) is -1.01. The molecule has 1 heterocycles. The quantitative estimate of drug-likeness (QED) is 0.752. The number of esters is 1. The largest absolute Gasteiger partial charge is 0.451 e. The van der Waals surface area contributed by atoms with Gasteiger partial charge in [-0.1, -0.05) is 17.7 Å². The van der Waals surface area contributed by atoms with Crippen LogP contribution in [-0.2, 0) is 24.3 Å². The van der Waals surface area contributed by atoms with E-state index in [1.165, 1.54) is 23.4 Å². The zero-order valence-electron chi connectivity index (χ0n) is 15.0. The lowest BCUT2D eigenvalue weighted by molar-refractivity contribution is -0.157. The van der Waals surface area contributed by atoms with Crippen molar-refractivity contribution >= 4 is 21.9 Å². The van der Waals surface area contributed by atoms with Crippen molar-refractivity contribution in [2.45, 2.75) is 62.6 Å². The lowest BCUT2D eigenvalue weighted by atomic mass is 10.2. The van der Waals surface area contributed by atoms with Crippen LogP contribution in [0.3, 0.4) is 0 Å². The van der Waals surface area contributed by atoms with E-state index in [1.807, 2.05) is 6.92 Å². The number of carbonyl (C=O) groups is 2. The molecule has 1 N–H and O–H groups in total. The van der Waals surface area contributed by atoms with E-state index in [2.05, 4.69) is 5.32 Å². The maximum absolute atomic E-state index is 12.9. The number of ether oxygens (including phenoxy) is 1. The van der Waals surface area contributed by atoms with E-state index in [9.17, 15) is 18.0 Å². The number of hydrogen-bond donors (Lipinski definition) is 1. The van der Waals surface area contributed by atoms with E-state index in [1.54, 1.807) is 12.1 Å². The van der Waals surface area contributed by atoms with Crippen molar-refractivity contribution in [3.63, 3.8) is 0 Å². The number of benzene rings is 1. The van der Waals surface area contributed by atoms with Crippen molar-refractivity contribution in [3.8, 4) is 0 Å². The maximum Gasteiger partial charge on any atom is 0.325 e. The monoisotopic (exact) mass is 380 g/mol. The van der Waals surface area contributed by atoms with Gasteiger partial charge in [0.15, 0.2) is 6.10 Å². The van der Waals surface area contributed by atoms with Gasteiger partial charge < -0.3 is 10.1 Å². The van der Waals surface area contributed by atoms with E-state index in [0.717, 1.165) is 18.4 Å². The zero-order chi connectivity index (χ0) is 18.9. The third-order valence-electron chi connectivity index (χ3n) is 4.69. The van der Waals surface area contributed by atoms with E-state index < -0.39 is 28.1 Å². The number of rotatable bonds is 6. The molecule has 2 atom stereocenters. The van der Waals surface area contributed by atoms with Gasteiger partial charge in [-0.2, -0.15) is 4.31 Å². The first-order chi connectivity index (χ1) is 12.3. The summed E-state index contributed by atoms with van der Waals surface area (Å²) in [6.45, 7) is 3.64. The van der Waals surface area contributed by atoms with Gasteiger partial charge in [0.1, 0.15) is 6.04 Å². The van der Waals surface area contributed by atoms with Gasteiger partial charge in [0.05, 0.1) is 4.90 Å². The molecule has 1 aliphatic carbocycles. The minimum absolute atomic E-state index is 0.155. The van der Waals surface area contributed by atoms with Gasteiger partial charge in [0, 0.05) is 12.6 Å². The van der Waals surface area contributed by atoms with E-state index in [0.29, 0.717) is 12.8 Å². The number of hydrogen-bond acceptors (Lipinski definition) is 5. The van der Waals surface area contributed by atoms with Gasteiger partial charge in [-0.15, -0.1) is 0 Å². The molecule has 0 spiro atoms. The Morgan fingerprint density at radius 3 is 2.46 bits per heavy atom. The van der Waals surface area contributed by atoms with Crippen LogP contribution in [0.1, 0.15) is 38.2 Å². The van der Waals surface area contributed by atoms with Crippen LogP contribution in [0.5, 0.6) is 0 Å². The van der Waals surface area contributed by atoms with E-state index in [-0.39, 0.29) is 23.4 Å². The highest BCUT2D eigenvalue weighted by atomic mass is 32.2. The predicted octanol–water partition coefficient (Wildman–Crippen LogP) is 1.36. The summed E-state index contributed by atoms with van der Waals surface area (Å²) in [5, 5.41) is 2.77. The summed E-state index contributed by atoms with van der Waals surface area (Å²) < 4.78 is 32.2. The Bertz CT molecular complexity index is 786. The number of carbonyl (C=O) groups excluding carboxylic acids is 2. The second kappa shape index (κ2) is 7.36. The molecule has 0 unspecified atom stereocenters. The SMILES string of the molecule is Cc1ccc(S(=O)(=O)N2CCC[C@H]2C(=O)O[C@@H](C)C(=O)NC2CC2)cc1. The number of amides is 1. The van der Waals surface area contributed by atoms with Gasteiger partial charge in [-0.25, -0.2) is 8.42 Å². The smallest absolute Gasteiger partial charge is 0.325 e. The summed E-state index contributed by atoms with van der Waals surface area (Å²) >= 11 is 0. The molecule has 142 valence electrons. The average molecular weight is 380 g/mol. The molecule has 2 fully saturated rings. The Kier molecular flexibility index (Phi) is 5.34. The molecule has 8 heteroatoms. The van der Waals surface area contributed by atoms with Gasteiger partial charge in [0.25, 0.3) is 5.91 Å². The molecular formula is C18H24N2O5S. The summed E-state index contributed by atoms with van der Waals surface area (Å²) in [6, 6.07) is 5.81. The molecule has 1 amide bonds. The van der Waals surface area contributed by atoms with Crippen LogP contribution in [0.4, 0.5) is 0 Å². The second-order valence-electron chi connectivity index (χ2n) is 6.95. The predicted molar refractivity (Wildman–Crippen MR) is 94.8 cm³/mol. The average Bonchev–Trinajstić information content (AvgIpc) is 3.25. The molecule has 1 saturated carbocycles. The van der Waals surface area contributed by atoms with Crippen LogP contribution in [0.15, 0.2) is 29.2 Å². The van der Waals surface area contributed by atoms with Crippen molar-refractivity contribution in [1.82, 2.24) is 9.62 Å². The number of sulfonamides is 1. The topological polar surface area (TPSA) is 92.8 Å². The molecule has 1 saturated heterocycles. The molecule has 3 rings (SSSR count). The standard InChI is InChI=1S/C18H24N2O5S/c1-12-5-9-15(10-6-12)26(23,24)20-11-3-4-16(20)18(22)25-13(2)17(21)19-14-7-8-14/h5-6,9-10,13-14,16H,3-4,7-8,11H2,1-2H3,(H,19,21)/t13-,16-/m0/s1. The van der Waals surface area contributed by atoms with Crippen molar-refractivity contribution in [3.05, 3.63) is 29.8 Å². The van der Waals surface area contributed by atoms with Gasteiger partial charge >= 0.3 is 5.97 Å². The minimum atomic E-state index is -3.78. The van der Waals surface area contributed by atoms with Crippen LogP contribution in [0.25, 0.3) is 0 Å². The van der Waals surface area contributed by atoms with Crippen molar-refractivity contribution in [2.24, 2.45) is 0 Å². The van der Waals surface area contributed by atoms with E-state index in [4.69, 9.17) is 4.74 Å². The summed E-state index contributed by atoms with van der Waals surface area (Å²) in [7, 11) is -3.78. The molecule has 2 aliphatic rings. The van der Waals surface area contributed by atoms with E-state index >= 15 is 0 Å². The van der Waals surface area contributed by atoms with Crippen molar-refractivity contribution in [1.29, 1.82) is 0 Å². The van der Waals surface area contributed by atoms with Gasteiger partial charge in [0.2, 0.25) is 10.0 Å². The molecule has 7 nitrogen and oxygen atoms in total. The fourth-order valence-corrected chi connectivity index (χ4v) is 4.61. The first-order valence-corrected chi connectivity index (χ1v) is 10.3. The minimum Gasteiger partial charge on any atom is -0.451 e. The van der Waals surface area contributed by atoms with Gasteiger partial charge in [-0.3, -0.25) is 9.59 Å². The highest BCUT2D eigenvalue weighted by Gasteiger charge is 2.41. The van der Waals surface area contributed by atoms with Gasteiger partial charge in [-0.05, 0) is 51.7 Å². The molecule has 1 aromatic rings. The third-order valence-corrected chi connectivity index (χ3v) is 6.61. The molecule has 1 aromatic carbocycles. The maximum atomic E-state index is 12.9. The number of nitrogens with one attached hydrogen (secondary N) is 1. The Balaban J connectivity index is 1.69. The van der Waals surface area contributed by atoms with Crippen LogP contribution in [0, 0.1) is 6.92 Å². The summed E-state index contributed by atoms with van der Waals surface area (Å²) in [6.07, 6.45) is 1.91. The zero-order valence-corrected chi connectivity index (χ0v) is 15.8. The second-order valence-corrected chi connectivity index (χ2v) is 8.84. The fraction of sp³-hybridized carbons (Fsp3) is 0.556. The van der Waals surface area contributed by atoms with Crippen LogP contribution < -0.4 is 5.32 Å². The molecule has 26 heavy (non-hydrogen) atoms. The Morgan fingerprint density at radius 2 is 1.85 bits per heavy atom. The first-order valence-electron chi connectivity index (χ1n) is 8.88. The normalized spacial score (nSPS) is 22.0. The fourth-order valence-electron chi connectivity index (χ4n) is 2.96. The van der Waals surface area contributed by atoms with Crippen LogP contribution in [-0.4, -0.2) is 49.3 Å². The lowest BCUT2D eigenvalue weighted by Crippen LogP contribution is -2.44. The molecule has 0 bridgehead atoms. The lowest BCUT2D eigenvalue weighted by Gasteiger charge is -2.24. The Morgan fingerprint density at radius 1 is 1.19 bits per heavy atom. The Hall–Kier alpha value is -1.93. The molecular weight excluding hydrogens is 356 g/mol. The third kappa shape index (κ3) is 4.07. The highest BCUT2D eigenvalue weighted by Crippen LogP contribution is 2.27. The summed E-state index contributed by atoms with van der Waals surface area (Å²) in [4.78, 5) is 24.6. The Labute approximate surface area is 153 Å². The highest BCUT2D eigenvalue weighted by molar-refractivity contribution is 7.89. The molecule has 1 aliphatic heterocycles. The molecule has 0 radical (unpaired) electrons. The van der Waals surface area contributed by atoms with Crippen LogP contribution in [0.2, 0.25) is 0 Å². The van der Waals surface area contributed by atoms with Crippen LogP contribution >= 0.6 is 0 Å². The molecule has 0 aromatic heterocycles. The number of nitrogens with zero attached hydrogens (tertiary/aromatic N) is 1.